The van der Waals surface area contributed by atoms with Gasteiger partial charge in [-0.1, -0.05) is 28.1 Å². The summed E-state index contributed by atoms with van der Waals surface area (Å²) in [5.74, 6) is -0.718. The Morgan fingerprint density at radius 1 is 1.26 bits per heavy atom. The lowest BCUT2D eigenvalue weighted by Crippen LogP contribution is -2.44. The topological polar surface area (TPSA) is 66.8 Å². The summed E-state index contributed by atoms with van der Waals surface area (Å²) in [6, 6.07) is 12.2. The van der Waals surface area contributed by atoms with Gasteiger partial charge in [-0.3, -0.25) is 4.79 Å². The Balaban J connectivity index is 2.01. The number of benzene rings is 2. The van der Waals surface area contributed by atoms with Crippen LogP contribution in [0.5, 0.6) is 5.75 Å². The summed E-state index contributed by atoms with van der Waals surface area (Å²) in [5.41, 5.74) is 1.55. The number of carboxylic acid groups (broad SMARTS) is 1. The number of hydrogen-bond donors (Lipinski definition) is 1. The molecule has 1 unspecified atom stereocenters. The fourth-order valence-corrected chi connectivity index (χ4v) is 2.74. The first-order valence-electron chi connectivity index (χ1n) is 7.05. The highest BCUT2D eigenvalue weighted by molar-refractivity contribution is 9.10. The van der Waals surface area contributed by atoms with Crippen LogP contribution in [0.25, 0.3) is 0 Å². The van der Waals surface area contributed by atoms with Crippen LogP contribution in [-0.2, 0) is 11.3 Å². The zero-order chi connectivity index (χ0) is 16.6. The average Bonchev–Trinajstić information content (AvgIpc) is 2.53. The van der Waals surface area contributed by atoms with Gasteiger partial charge in [-0.25, -0.2) is 4.79 Å². The van der Waals surface area contributed by atoms with Crippen molar-refractivity contribution in [3.8, 4) is 5.75 Å². The molecular weight excluding hydrogens is 362 g/mol. The molecule has 5 nitrogen and oxygen atoms in total. The van der Waals surface area contributed by atoms with Gasteiger partial charge in [0.05, 0.1) is 17.8 Å². The number of fused-ring (bicyclic) bond motifs is 1. The van der Waals surface area contributed by atoms with Gasteiger partial charge in [-0.05, 0) is 42.8 Å². The molecule has 1 aliphatic rings. The molecule has 1 N–H and O–H groups in total. The number of ether oxygens (including phenoxy) is 1. The van der Waals surface area contributed by atoms with Crippen LogP contribution < -0.4 is 9.64 Å². The van der Waals surface area contributed by atoms with Crippen LogP contribution in [0.2, 0.25) is 0 Å². The van der Waals surface area contributed by atoms with Crippen molar-refractivity contribution in [1.82, 2.24) is 0 Å². The molecule has 0 aliphatic carbocycles. The fraction of sp³-hybridized carbons (Fsp3) is 0.176. The first-order chi connectivity index (χ1) is 11.0. The van der Waals surface area contributed by atoms with Crippen LogP contribution in [0.3, 0.4) is 0 Å². The van der Waals surface area contributed by atoms with Gasteiger partial charge in [0.25, 0.3) is 5.91 Å². The number of rotatable bonds is 3. The molecule has 1 amide bonds. The SMILES string of the molecule is CC1Oc2ccc(C(=O)O)cc2N(Cc2ccc(Br)cc2)C1=O. The zero-order valence-electron chi connectivity index (χ0n) is 12.3. The molecule has 1 aliphatic heterocycles. The second kappa shape index (κ2) is 6.04. The lowest BCUT2D eigenvalue weighted by atomic mass is 10.1. The maximum absolute atomic E-state index is 12.5. The van der Waals surface area contributed by atoms with E-state index in [4.69, 9.17) is 9.84 Å². The lowest BCUT2D eigenvalue weighted by Gasteiger charge is -2.33. The first kappa shape index (κ1) is 15.6. The van der Waals surface area contributed by atoms with Gasteiger partial charge in [-0.2, -0.15) is 0 Å². The third kappa shape index (κ3) is 3.07. The van der Waals surface area contributed by atoms with Crippen molar-refractivity contribution in [2.45, 2.75) is 19.6 Å². The highest BCUT2D eigenvalue weighted by Crippen LogP contribution is 2.36. The number of carbonyl (C=O) groups is 2. The number of anilines is 1. The fourth-order valence-electron chi connectivity index (χ4n) is 2.48. The quantitative estimate of drug-likeness (QED) is 0.891. The number of carboxylic acids is 1. The molecule has 1 heterocycles. The van der Waals surface area contributed by atoms with E-state index in [1.807, 2.05) is 24.3 Å². The number of hydrogen-bond acceptors (Lipinski definition) is 3. The van der Waals surface area contributed by atoms with E-state index in [-0.39, 0.29) is 11.5 Å². The van der Waals surface area contributed by atoms with E-state index in [0.717, 1.165) is 10.0 Å². The molecule has 3 rings (SSSR count). The molecule has 0 spiro atoms. The lowest BCUT2D eigenvalue weighted by molar-refractivity contribution is -0.125. The largest absolute Gasteiger partial charge is 0.479 e. The van der Waals surface area contributed by atoms with E-state index in [1.165, 1.54) is 12.1 Å². The van der Waals surface area contributed by atoms with Crippen molar-refractivity contribution >= 4 is 33.5 Å². The van der Waals surface area contributed by atoms with Gasteiger partial charge in [-0.15, -0.1) is 0 Å². The Hall–Kier alpha value is -2.34. The molecule has 2 aromatic rings. The van der Waals surface area contributed by atoms with Crippen molar-refractivity contribution in [3.63, 3.8) is 0 Å². The van der Waals surface area contributed by atoms with Crippen molar-refractivity contribution in [2.75, 3.05) is 4.90 Å². The highest BCUT2D eigenvalue weighted by atomic mass is 79.9. The first-order valence-corrected chi connectivity index (χ1v) is 7.85. The van der Waals surface area contributed by atoms with Gasteiger partial charge in [0.1, 0.15) is 5.75 Å². The van der Waals surface area contributed by atoms with Crippen LogP contribution in [0.15, 0.2) is 46.9 Å². The van der Waals surface area contributed by atoms with E-state index in [9.17, 15) is 9.59 Å². The predicted molar refractivity (Wildman–Crippen MR) is 88.8 cm³/mol. The molecule has 0 bridgehead atoms. The minimum Gasteiger partial charge on any atom is -0.479 e. The van der Waals surface area contributed by atoms with Gasteiger partial charge in [0.2, 0.25) is 0 Å². The van der Waals surface area contributed by atoms with Gasteiger partial charge >= 0.3 is 5.97 Å². The van der Waals surface area contributed by atoms with E-state index in [1.54, 1.807) is 17.9 Å². The summed E-state index contributed by atoms with van der Waals surface area (Å²) >= 11 is 3.38. The average molecular weight is 376 g/mol. The molecule has 0 fully saturated rings. The second-order valence-corrected chi connectivity index (χ2v) is 6.21. The van der Waals surface area contributed by atoms with E-state index in [0.29, 0.717) is 18.0 Å². The Kier molecular flexibility index (Phi) is 4.09. The smallest absolute Gasteiger partial charge is 0.335 e. The third-order valence-corrected chi connectivity index (χ3v) is 4.20. The second-order valence-electron chi connectivity index (χ2n) is 5.30. The van der Waals surface area contributed by atoms with Crippen LogP contribution in [-0.4, -0.2) is 23.1 Å². The molecule has 0 aromatic heterocycles. The number of aromatic carboxylic acids is 1. The van der Waals surface area contributed by atoms with E-state index < -0.39 is 12.1 Å². The third-order valence-electron chi connectivity index (χ3n) is 3.67. The van der Waals surface area contributed by atoms with Crippen LogP contribution in [0, 0.1) is 0 Å². The number of amides is 1. The normalized spacial score (nSPS) is 16.7. The van der Waals surface area contributed by atoms with Crippen LogP contribution in [0.1, 0.15) is 22.8 Å². The summed E-state index contributed by atoms with van der Waals surface area (Å²) in [6.45, 7) is 2.04. The number of nitrogens with zero attached hydrogens (tertiary/aromatic N) is 1. The molecule has 23 heavy (non-hydrogen) atoms. The van der Waals surface area contributed by atoms with Crippen molar-refractivity contribution < 1.29 is 19.4 Å². The van der Waals surface area contributed by atoms with Crippen molar-refractivity contribution in [1.29, 1.82) is 0 Å². The number of carbonyl (C=O) groups excluding carboxylic acids is 1. The maximum atomic E-state index is 12.5. The molecular formula is C17H14BrNO4. The van der Waals surface area contributed by atoms with E-state index in [2.05, 4.69) is 15.9 Å². The van der Waals surface area contributed by atoms with Crippen molar-refractivity contribution in [3.05, 3.63) is 58.1 Å². The van der Waals surface area contributed by atoms with Gasteiger partial charge in [0.15, 0.2) is 6.10 Å². The number of halogens is 1. The maximum Gasteiger partial charge on any atom is 0.335 e. The van der Waals surface area contributed by atoms with Gasteiger partial charge in [0, 0.05) is 4.47 Å². The molecule has 118 valence electrons. The standard InChI is InChI=1S/C17H14BrNO4/c1-10-16(20)19(9-11-2-5-13(18)6-3-11)14-8-12(17(21)22)4-7-15(14)23-10/h2-8,10H,9H2,1H3,(H,21,22). The Labute approximate surface area is 141 Å². The summed E-state index contributed by atoms with van der Waals surface area (Å²) in [5, 5.41) is 9.16. The van der Waals surface area contributed by atoms with Crippen LogP contribution >= 0.6 is 15.9 Å². The highest BCUT2D eigenvalue weighted by Gasteiger charge is 2.32. The summed E-state index contributed by atoms with van der Waals surface area (Å²) < 4.78 is 6.53. The minimum atomic E-state index is -1.04. The van der Waals surface area contributed by atoms with Crippen LogP contribution in [0.4, 0.5) is 5.69 Å². The Morgan fingerprint density at radius 3 is 2.61 bits per heavy atom. The van der Waals surface area contributed by atoms with Gasteiger partial charge < -0.3 is 14.7 Å². The monoisotopic (exact) mass is 375 g/mol. The molecule has 2 aromatic carbocycles. The predicted octanol–water partition coefficient (Wildman–Crippen LogP) is 3.46. The Morgan fingerprint density at radius 2 is 1.96 bits per heavy atom. The Bertz CT molecular complexity index is 773. The van der Waals surface area contributed by atoms with Crippen molar-refractivity contribution in [2.24, 2.45) is 0 Å². The summed E-state index contributed by atoms with van der Waals surface area (Å²) in [4.78, 5) is 25.2. The summed E-state index contributed by atoms with van der Waals surface area (Å²) in [6.07, 6.45) is -0.603. The molecule has 6 heteroatoms. The minimum absolute atomic E-state index is 0.121. The molecule has 0 saturated carbocycles. The molecule has 0 saturated heterocycles. The zero-order valence-corrected chi connectivity index (χ0v) is 13.9. The molecule has 0 radical (unpaired) electrons. The van der Waals surface area contributed by atoms with E-state index >= 15 is 0 Å². The summed E-state index contributed by atoms with van der Waals surface area (Å²) in [7, 11) is 0. The molecule has 1 atom stereocenters.